The van der Waals surface area contributed by atoms with Crippen LogP contribution in [0.2, 0.25) is 0 Å². The fraction of sp³-hybridized carbons (Fsp3) is 0.538. The molecule has 5 atom stereocenters. The molecule has 1 saturated heterocycles. The van der Waals surface area contributed by atoms with Crippen LogP contribution in [0.4, 0.5) is 14.9 Å². The van der Waals surface area contributed by atoms with Gasteiger partial charge in [0.05, 0.1) is 30.9 Å². The van der Waals surface area contributed by atoms with Gasteiger partial charge in [-0.25, -0.2) is 9.18 Å². The molecule has 14 nitrogen and oxygen atoms in total. The Kier molecular flexibility index (Phi) is 10.5. The number of benzene rings is 2. The van der Waals surface area contributed by atoms with Crippen LogP contribution < -0.4 is 21.3 Å². The Labute approximate surface area is 312 Å². The summed E-state index contributed by atoms with van der Waals surface area (Å²) in [6.07, 6.45) is 3.91. The molecule has 2 bridgehead atoms. The first kappa shape index (κ1) is 37.4. The van der Waals surface area contributed by atoms with E-state index in [4.69, 9.17) is 9.47 Å². The van der Waals surface area contributed by atoms with Gasteiger partial charge >= 0.3 is 6.09 Å². The minimum absolute atomic E-state index is 0.0248. The normalized spacial score (nSPS) is 27.4. The molecule has 0 spiro atoms. The molecule has 15 heteroatoms. The van der Waals surface area contributed by atoms with Gasteiger partial charge in [-0.3, -0.25) is 34.2 Å². The summed E-state index contributed by atoms with van der Waals surface area (Å²) in [6.45, 7) is 5.99. The van der Waals surface area contributed by atoms with E-state index in [-0.39, 0.29) is 67.6 Å². The number of alkyl carbamates (subject to hydrolysis) is 1. The van der Waals surface area contributed by atoms with Crippen molar-refractivity contribution >= 4 is 41.3 Å². The summed E-state index contributed by atoms with van der Waals surface area (Å²) in [5.74, 6) is -1.75. The lowest BCUT2D eigenvalue weighted by Gasteiger charge is -2.54. The van der Waals surface area contributed by atoms with Gasteiger partial charge in [-0.2, -0.15) is 0 Å². The molecule has 2 saturated carbocycles. The quantitative estimate of drug-likeness (QED) is 0.187. The van der Waals surface area contributed by atoms with E-state index in [0.29, 0.717) is 43.6 Å². The number of carbonyl (C=O) groups is 6. The van der Waals surface area contributed by atoms with Crippen molar-refractivity contribution in [3.8, 4) is 0 Å². The minimum Gasteiger partial charge on any atom is -0.447 e. The van der Waals surface area contributed by atoms with E-state index in [1.165, 1.54) is 18.2 Å². The highest BCUT2D eigenvalue weighted by atomic mass is 19.1. The molecule has 2 aliphatic carbocycles. The van der Waals surface area contributed by atoms with Gasteiger partial charge in [0.2, 0.25) is 17.7 Å². The van der Waals surface area contributed by atoms with Crippen LogP contribution in [-0.2, 0) is 36.9 Å². The minimum atomic E-state index is -1.05. The predicted molar refractivity (Wildman–Crippen MR) is 192 cm³/mol. The Bertz CT molecular complexity index is 1870. The van der Waals surface area contributed by atoms with Gasteiger partial charge in [0.25, 0.3) is 11.8 Å². The summed E-state index contributed by atoms with van der Waals surface area (Å²) in [7, 11) is 0. The summed E-state index contributed by atoms with van der Waals surface area (Å²) < 4.78 is 24.9. The highest BCUT2D eigenvalue weighted by Gasteiger charge is 2.51. The third-order valence-electron chi connectivity index (χ3n) is 11.4. The van der Waals surface area contributed by atoms with Crippen LogP contribution in [0, 0.1) is 17.7 Å². The number of amides is 6. The van der Waals surface area contributed by atoms with Crippen molar-refractivity contribution in [1.82, 2.24) is 25.8 Å². The molecule has 6 amide bonds. The lowest BCUT2D eigenvalue weighted by molar-refractivity contribution is -0.136. The molecule has 288 valence electrons. The summed E-state index contributed by atoms with van der Waals surface area (Å²) in [4.78, 5) is 79.2. The topological polar surface area (TPSA) is 175 Å². The molecule has 2 aromatic rings. The van der Waals surface area contributed by atoms with Crippen molar-refractivity contribution in [3.05, 3.63) is 64.5 Å². The summed E-state index contributed by atoms with van der Waals surface area (Å²) in [5.41, 5.74) is 1.74. The lowest BCUT2D eigenvalue weighted by Crippen LogP contribution is -2.64. The number of anilines is 1. The average Bonchev–Trinajstić information content (AvgIpc) is 3.64. The molecule has 3 aliphatic heterocycles. The molecule has 5 aliphatic rings. The van der Waals surface area contributed by atoms with E-state index in [1.807, 2.05) is 6.92 Å². The summed E-state index contributed by atoms with van der Waals surface area (Å²) in [6, 6.07) is 8.46. The molecule has 4 N–H and O–H groups in total. The van der Waals surface area contributed by atoms with Crippen LogP contribution in [-0.4, -0.2) is 95.5 Å². The highest BCUT2D eigenvalue weighted by molar-refractivity contribution is 6.25. The number of carbonyl (C=O) groups excluding carboxylic acids is 6. The van der Waals surface area contributed by atoms with Gasteiger partial charge in [-0.15, -0.1) is 0 Å². The van der Waals surface area contributed by atoms with Crippen LogP contribution in [0.5, 0.6) is 0 Å². The van der Waals surface area contributed by atoms with Crippen molar-refractivity contribution in [2.24, 2.45) is 11.8 Å². The predicted octanol–water partition coefficient (Wildman–Crippen LogP) is 3.24. The Morgan fingerprint density at radius 3 is 2.63 bits per heavy atom. The SMILES string of the molecule is CC1CC2CC(C)(NC(=O)OCCOCCNc3cccc4c3C(=O)N(C3CCC(=O)NC3=O)C4=O)CC(NCC(=O)N3Cc4ccc(F)cc4C3)(C1)C2. The fourth-order valence-corrected chi connectivity index (χ4v) is 9.51. The third kappa shape index (κ3) is 7.83. The van der Waals surface area contributed by atoms with E-state index in [1.54, 1.807) is 23.1 Å². The second kappa shape index (κ2) is 15.1. The molecule has 7 rings (SSSR count). The number of hydrogen-bond donors (Lipinski definition) is 4. The van der Waals surface area contributed by atoms with Crippen LogP contribution in [0.3, 0.4) is 0 Å². The Morgan fingerprint density at radius 2 is 1.81 bits per heavy atom. The second-order valence-corrected chi connectivity index (χ2v) is 15.8. The summed E-state index contributed by atoms with van der Waals surface area (Å²) in [5, 5.41) is 12.0. The van der Waals surface area contributed by atoms with E-state index >= 15 is 0 Å². The number of fused-ring (bicyclic) bond motifs is 4. The maximum atomic E-state index is 13.7. The smallest absolute Gasteiger partial charge is 0.407 e. The number of nitrogens with zero attached hydrogens (tertiary/aromatic N) is 2. The van der Waals surface area contributed by atoms with Crippen molar-refractivity contribution in [1.29, 1.82) is 0 Å². The van der Waals surface area contributed by atoms with Crippen molar-refractivity contribution in [2.75, 3.05) is 38.2 Å². The Hall–Kier alpha value is -4.89. The van der Waals surface area contributed by atoms with Gasteiger partial charge in [0, 0.05) is 42.8 Å². The average molecular weight is 747 g/mol. The largest absolute Gasteiger partial charge is 0.447 e. The van der Waals surface area contributed by atoms with Gasteiger partial charge in [0.1, 0.15) is 18.5 Å². The molecule has 0 aromatic heterocycles. The zero-order valence-electron chi connectivity index (χ0n) is 30.6. The van der Waals surface area contributed by atoms with Crippen molar-refractivity contribution < 1.29 is 42.6 Å². The zero-order chi connectivity index (χ0) is 38.2. The van der Waals surface area contributed by atoms with Crippen LogP contribution in [0.15, 0.2) is 36.4 Å². The molecule has 54 heavy (non-hydrogen) atoms. The molecular formula is C39H47FN6O8. The van der Waals surface area contributed by atoms with Crippen molar-refractivity contribution in [3.63, 3.8) is 0 Å². The van der Waals surface area contributed by atoms with Crippen molar-refractivity contribution in [2.45, 2.75) is 89.0 Å². The monoisotopic (exact) mass is 746 g/mol. The third-order valence-corrected chi connectivity index (χ3v) is 11.4. The van der Waals surface area contributed by atoms with Gasteiger partial charge in [-0.05, 0) is 92.7 Å². The molecule has 0 radical (unpaired) electrons. The number of hydrogen-bond acceptors (Lipinski definition) is 10. The maximum Gasteiger partial charge on any atom is 0.407 e. The van der Waals surface area contributed by atoms with Crippen LogP contribution in [0.25, 0.3) is 0 Å². The zero-order valence-corrected chi connectivity index (χ0v) is 30.6. The number of rotatable bonds is 12. The number of piperidine rings is 1. The van der Waals surface area contributed by atoms with E-state index < -0.39 is 41.3 Å². The number of imide groups is 2. The van der Waals surface area contributed by atoms with E-state index in [9.17, 15) is 33.2 Å². The number of nitrogens with one attached hydrogen (secondary N) is 4. The van der Waals surface area contributed by atoms with Gasteiger partial charge < -0.3 is 30.3 Å². The maximum absolute atomic E-state index is 13.7. The first-order valence-electron chi connectivity index (χ1n) is 18.7. The Morgan fingerprint density at radius 1 is 1.00 bits per heavy atom. The van der Waals surface area contributed by atoms with E-state index in [2.05, 4.69) is 28.2 Å². The molecular weight excluding hydrogens is 699 g/mol. The molecule has 3 fully saturated rings. The van der Waals surface area contributed by atoms with Gasteiger partial charge in [0.15, 0.2) is 0 Å². The summed E-state index contributed by atoms with van der Waals surface area (Å²) >= 11 is 0. The van der Waals surface area contributed by atoms with Gasteiger partial charge in [-0.1, -0.05) is 19.1 Å². The first-order valence-corrected chi connectivity index (χ1v) is 18.7. The lowest BCUT2D eigenvalue weighted by atomic mass is 9.58. The molecule has 5 unspecified atom stereocenters. The fourth-order valence-electron chi connectivity index (χ4n) is 9.51. The van der Waals surface area contributed by atoms with Crippen LogP contribution in [0.1, 0.15) is 90.6 Å². The highest BCUT2D eigenvalue weighted by Crippen LogP contribution is 2.49. The van der Waals surface area contributed by atoms with Crippen LogP contribution >= 0.6 is 0 Å². The molecule has 2 aromatic carbocycles. The number of halogens is 1. The first-order chi connectivity index (χ1) is 25.8. The second-order valence-electron chi connectivity index (χ2n) is 15.8. The van der Waals surface area contributed by atoms with E-state index in [0.717, 1.165) is 41.7 Å². The Balaban J connectivity index is 0.846. The standard InChI is InChI=1S/C39H47FN6O8/c1-23-14-24-17-38(2,22-39(16-23,18-24)42-19-32(48)45-20-25-6-7-27(40)15-26(25)21-45)44-37(52)54-13-12-53-11-10-41-29-5-3-4-28-33(29)36(51)46(35(28)50)30-8-9-31(47)43-34(30)49/h3-7,15,23-24,30,41-42H,8-14,16-22H2,1-2H3,(H,44,52)(H,43,47,49). The molecule has 3 heterocycles. The number of ether oxygens (including phenoxy) is 2.